The quantitative estimate of drug-likeness (QED) is 0.775. The van der Waals surface area contributed by atoms with Gasteiger partial charge in [0.2, 0.25) is 0 Å². The standard InChI is InChI=1S/C9H15N3O2S/c1-5-6(10)15-7(11-5)12-8(13)14-9(2,3)4/h10H2,1-4H3,(H,11,12,13). The van der Waals surface area contributed by atoms with Crippen molar-refractivity contribution in [3.63, 3.8) is 0 Å². The van der Waals surface area contributed by atoms with E-state index < -0.39 is 11.7 Å². The summed E-state index contributed by atoms with van der Waals surface area (Å²) in [5.41, 5.74) is 5.81. The van der Waals surface area contributed by atoms with Gasteiger partial charge in [-0.2, -0.15) is 0 Å². The van der Waals surface area contributed by atoms with E-state index in [1.807, 2.05) is 0 Å². The number of carbonyl (C=O) groups is 1. The molecule has 84 valence electrons. The largest absolute Gasteiger partial charge is 0.444 e. The molecule has 0 spiro atoms. The van der Waals surface area contributed by atoms with Gasteiger partial charge in [0.15, 0.2) is 5.13 Å². The Bertz CT molecular complexity index is 348. The van der Waals surface area contributed by atoms with E-state index in [9.17, 15) is 4.79 Å². The Morgan fingerprint density at radius 1 is 1.53 bits per heavy atom. The molecule has 5 nitrogen and oxygen atoms in total. The lowest BCUT2D eigenvalue weighted by Crippen LogP contribution is -2.27. The molecule has 0 atom stereocenters. The molecule has 6 heteroatoms. The van der Waals surface area contributed by atoms with Crippen molar-refractivity contribution >= 4 is 27.6 Å². The van der Waals surface area contributed by atoms with Crippen LogP contribution in [-0.2, 0) is 4.74 Å². The van der Waals surface area contributed by atoms with Gasteiger partial charge in [-0.05, 0) is 27.7 Å². The van der Waals surface area contributed by atoms with Crippen molar-refractivity contribution in [1.82, 2.24) is 4.98 Å². The number of carbonyl (C=O) groups excluding carboxylic acids is 1. The molecule has 0 bridgehead atoms. The van der Waals surface area contributed by atoms with Gasteiger partial charge < -0.3 is 10.5 Å². The summed E-state index contributed by atoms with van der Waals surface area (Å²) in [6, 6.07) is 0. The van der Waals surface area contributed by atoms with Gasteiger partial charge in [-0.3, -0.25) is 5.32 Å². The molecule has 0 saturated carbocycles. The topological polar surface area (TPSA) is 77.2 Å². The fourth-order valence-corrected chi connectivity index (χ4v) is 1.57. The molecule has 1 amide bonds. The number of thiazole rings is 1. The van der Waals surface area contributed by atoms with E-state index in [-0.39, 0.29) is 0 Å². The van der Waals surface area contributed by atoms with E-state index in [2.05, 4.69) is 10.3 Å². The number of nitrogens with zero attached hydrogens (tertiary/aromatic N) is 1. The smallest absolute Gasteiger partial charge is 0.413 e. The van der Waals surface area contributed by atoms with Crippen LogP contribution in [0.3, 0.4) is 0 Å². The minimum atomic E-state index is -0.517. The Morgan fingerprint density at radius 2 is 2.13 bits per heavy atom. The summed E-state index contributed by atoms with van der Waals surface area (Å²) >= 11 is 1.22. The highest BCUT2D eigenvalue weighted by atomic mass is 32.1. The van der Waals surface area contributed by atoms with E-state index in [1.54, 1.807) is 27.7 Å². The summed E-state index contributed by atoms with van der Waals surface area (Å²) < 4.78 is 5.07. The molecule has 0 aliphatic heterocycles. The van der Waals surface area contributed by atoms with Crippen LogP contribution < -0.4 is 11.1 Å². The molecule has 1 rings (SSSR count). The van der Waals surface area contributed by atoms with Crippen molar-refractivity contribution in [2.24, 2.45) is 0 Å². The number of hydrogen-bond donors (Lipinski definition) is 2. The molecule has 0 aliphatic carbocycles. The number of nitrogen functional groups attached to an aromatic ring is 1. The number of nitrogens with two attached hydrogens (primary N) is 1. The second-order valence-electron chi connectivity index (χ2n) is 4.10. The van der Waals surface area contributed by atoms with Gasteiger partial charge in [0.25, 0.3) is 0 Å². The summed E-state index contributed by atoms with van der Waals surface area (Å²) in [7, 11) is 0. The number of aromatic nitrogens is 1. The number of amides is 1. The van der Waals surface area contributed by atoms with Crippen LogP contribution in [0.4, 0.5) is 14.9 Å². The summed E-state index contributed by atoms with van der Waals surface area (Å²) in [6.45, 7) is 7.18. The third-order valence-corrected chi connectivity index (χ3v) is 2.34. The molecule has 0 unspecified atom stereocenters. The summed E-state index contributed by atoms with van der Waals surface area (Å²) in [6.07, 6.45) is -0.517. The Labute approximate surface area is 92.6 Å². The van der Waals surface area contributed by atoms with Gasteiger partial charge in [-0.1, -0.05) is 11.3 Å². The van der Waals surface area contributed by atoms with Gasteiger partial charge >= 0.3 is 6.09 Å². The summed E-state index contributed by atoms with van der Waals surface area (Å²) in [5, 5.41) is 3.58. The molecular weight excluding hydrogens is 214 g/mol. The fraction of sp³-hybridized carbons (Fsp3) is 0.556. The Kier molecular flexibility index (Phi) is 3.18. The maximum absolute atomic E-state index is 11.3. The van der Waals surface area contributed by atoms with Gasteiger partial charge in [-0.25, -0.2) is 9.78 Å². The molecule has 3 N–H and O–H groups in total. The number of anilines is 2. The van der Waals surface area contributed by atoms with Gasteiger partial charge in [-0.15, -0.1) is 0 Å². The van der Waals surface area contributed by atoms with Crippen molar-refractivity contribution in [2.45, 2.75) is 33.3 Å². The molecule has 0 radical (unpaired) electrons. The van der Waals surface area contributed by atoms with Crippen LogP contribution in [0.2, 0.25) is 0 Å². The van der Waals surface area contributed by atoms with Crippen molar-refractivity contribution in [3.05, 3.63) is 5.69 Å². The Morgan fingerprint density at radius 3 is 2.53 bits per heavy atom. The maximum atomic E-state index is 11.3. The van der Waals surface area contributed by atoms with Gasteiger partial charge in [0.1, 0.15) is 10.6 Å². The third-order valence-electron chi connectivity index (χ3n) is 1.44. The molecule has 1 aromatic rings. The monoisotopic (exact) mass is 229 g/mol. The van der Waals surface area contributed by atoms with Crippen LogP contribution in [0, 0.1) is 6.92 Å². The second kappa shape index (κ2) is 4.06. The maximum Gasteiger partial charge on any atom is 0.413 e. The average Bonchev–Trinajstić information content (AvgIpc) is 2.26. The van der Waals surface area contributed by atoms with Crippen molar-refractivity contribution in [1.29, 1.82) is 0 Å². The molecule has 0 saturated heterocycles. The predicted octanol–water partition coefficient (Wildman–Crippen LogP) is 2.38. The molecule has 0 aliphatic rings. The second-order valence-corrected chi connectivity index (χ2v) is 5.13. The number of ether oxygens (including phenoxy) is 1. The van der Waals surface area contributed by atoms with Crippen LogP contribution in [0.5, 0.6) is 0 Å². The normalized spacial score (nSPS) is 11.2. The van der Waals surface area contributed by atoms with E-state index >= 15 is 0 Å². The van der Waals surface area contributed by atoms with E-state index in [0.29, 0.717) is 15.8 Å². The first kappa shape index (κ1) is 11.8. The number of hydrogen-bond acceptors (Lipinski definition) is 5. The minimum Gasteiger partial charge on any atom is -0.444 e. The van der Waals surface area contributed by atoms with Crippen LogP contribution in [-0.4, -0.2) is 16.7 Å². The highest BCUT2D eigenvalue weighted by molar-refractivity contribution is 7.19. The van der Waals surface area contributed by atoms with Gasteiger partial charge in [0.05, 0.1) is 5.69 Å². The van der Waals surface area contributed by atoms with Crippen molar-refractivity contribution in [3.8, 4) is 0 Å². The lowest BCUT2D eigenvalue weighted by molar-refractivity contribution is 0.0636. The lowest BCUT2D eigenvalue weighted by atomic mass is 10.2. The van der Waals surface area contributed by atoms with Crippen LogP contribution in [0.1, 0.15) is 26.5 Å². The molecular formula is C9H15N3O2S. The Balaban J connectivity index is 2.59. The average molecular weight is 229 g/mol. The first-order valence-corrected chi connectivity index (χ1v) is 5.32. The van der Waals surface area contributed by atoms with Gasteiger partial charge in [0, 0.05) is 0 Å². The lowest BCUT2D eigenvalue weighted by Gasteiger charge is -2.18. The number of nitrogens with one attached hydrogen (secondary N) is 1. The Hall–Kier alpha value is -1.30. The van der Waals surface area contributed by atoms with Crippen molar-refractivity contribution < 1.29 is 9.53 Å². The zero-order valence-electron chi connectivity index (χ0n) is 9.25. The zero-order valence-corrected chi connectivity index (χ0v) is 10.1. The minimum absolute atomic E-state index is 0.458. The predicted molar refractivity (Wildman–Crippen MR) is 61.1 cm³/mol. The SMILES string of the molecule is Cc1nc(NC(=O)OC(C)(C)C)sc1N. The molecule has 15 heavy (non-hydrogen) atoms. The molecule has 0 aromatic carbocycles. The van der Waals surface area contributed by atoms with Crippen LogP contribution >= 0.6 is 11.3 Å². The molecule has 0 fully saturated rings. The highest BCUT2D eigenvalue weighted by Crippen LogP contribution is 2.24. The van der Waals surface area contributed by atoms with E-state index in [1.165, 1.54) is 11.3 Å². The first-order valence-electron chi connectivity index (χ1n) is 4.51. The zero-order chi connectivity index (χ0) is 11.6. The number of rotatable bonds is 1. The fourth-order valence-electron chi connectivity index (χ4n) is 0.853. The van der Waals surface area contributed by atoms with Crippen LogP contribution in [0.25, 0.3) is 0 Å². The highest BCUT2D eigenvalue weighted by Gasteiger charge is 2.17. The third kappa shape index (κ3) is 3.75. The molecule has 1 heterocycles. The van der Waals surface area contributed by atoms with E-state index in [4.69, 9.17) is 10.5 Å². The van der Waals surface area contributed by atoms with Crippen LogP contribution in [0.15, 0.2) is 0 Å². The van der Waals surface area contributed by atoms with E-state index in [0.717, 1.165) is 0 Å². The number of aryl methyl sites for hydroxylation is 1. The first-order chi connectivity index (χ1) is 6.78. The summed E-state index contributed by atoms with van der Waals surface area (Å²) in [4.78, 5) is 15.4. The summed E-state index contributed by atoms with van der Waals surface area (Å²) in [5.74, 6) is 0. The van der Waals surface area contributed by atoms with Crippen molar-refractivity contribution in [2.75, 3.05) is 11.1 Å². The molecule has 1 aromatic heterocycles.